The van der Waals surface area contributed by atoms with Gasteiger partial charge in [0.25, 0.3) is 5.91 Å². The van der Waals surface area contributed by atoms with Crippen molar-refractivity contribution in [1.29, 1.82) is 0 Å². The predicted octanol–water partition coefficient (Wildman–Crippen LogP) is 4.78. The number of hydrogen-bond donors (Lipinski definition) is 1. The van der Waals surface area contributed by atoms with Crippen molar-refractivity contribution in [3.8, 4) is 16.3 Å². The second kappa shape index (κ2) is 9.72. The van der Waals surface area contributed by atoms with Gasteiger partial charge in [0.15, 0.2) is 5.65 Å². The van der Waals surface area contributed by atoms with Gasteiger partial charge in [-0.1, -0.05) is 24.3 Å². The Morgan fingerprint density at radius 1 is 1.21 bits per heavy atom. The number of nitrogens with zero attached hydrogens (tertiary/aromatic N) is 4. The molecule has 33 heavy (non-hydrogen) atoms. The number of hydrogen-bond acceptors (Lipinski definition) is 6. The maximum absolute atomic E-state index is 13.5. The molecule has 0 fully saturated rings. The standard InChI is InChI=1S/C25H29N5O2S/c1-16(2)30-24-19(14-27-30)18(13-20(28-24)23-11-8-12-33-23)25(31)26-15-21(29(3)4)17-9-6-7-10-22(17)32-5/h6-14,16,21H,15H2,1-5H3,(H,26,31). The monoisotopic (exact) mass is 463 g/mol. The van der Waals surface area contributed by atoms with Crippen LogP contribution in [0.1, 0.15) is 41.9 Å². The van der Waals surface area contributed by atoms with E-state index in [4.69, 9.17) is 9.72 Å². The molecule has 0 spiro atoms. The summed E-state index contributed by atoms with van der Waals surface area (Å²) in [6.45, 7) is 4.55. The van der Waals surface area contributed by atoms with Crippen LogP contribution in [0.5, 0.6) is 5.75 Å². The van der Waals surface area contributed by atoms with Gasteiger partial charge in [-0.05, 0) is 51.5 Å². The Morgan fingerprint density at radius 3 is 2.67 bits per heavy atom. The first kappa shape index (κ1) is 22.9. The summed E-state index contributed by atoms with van der Waals surface area (Å²) in [6.07, 6.45) is 1.74. The van der Waals surface area contributed by atoms with E-state index in [0.29, 0.717) is 12.1 Å². The van der Waals surface area contributed by atoms with Crippen LogP contribution in [0.3, 0.4) is 0 Å². The van der Waals surface area contributed by atoms with E-state index in [9.17, 15) is 4.79 Å². The Morgan fingerprint density at radius 2 is 2.00 bits per heavy atom. The van der Waals surface area contributed by atoms with Gasteiger partial charge in [-0.15, -0.1) is 11.3 Å². The Hall–Kier alpha value is -3.23. The molecule has 0 bridgehead atoms. The van der Waals surface area contributed by atoms with Crippen molar-refractivity contribution in [3.63, 3.8) is 0 Å². The van der Waals surface area contributed by atoms with Gasteiger partial charge in [0, 0.05) is 18.2 Å². The number of para-hydroxylation sites is 1. The van der Waals surface area contributed by atoms with E-state index >= 15 is 0 Å². The van der Waals surface area contributed by atoms with E-state index in [0.717, 1.165) is 32.9 Å². The van der Waals surface area contributed by atoms with E-state index in [2.05, 4.69) is 29.2 Å². The van der Waals surface area contributed by atoms with Gasteiger partial charge in [-0.2, -0.15) is 5.10 Å². The van der Waals surface area contributed by atoms with Crippen LogP contribution >= 0.6 is 11.3 Å². The summed E-state index contributed by atoms with van der Waals surface area (Å²) in [5, 5.41) is 10.4. The maximum atomic E-state index is 13.5. The summed E-state index contributed by atoms with van der Waals surface area (Å²) in [5.74, 6) is 0.653. The number of aromatic nitrogens is 3. The number of pyridine rings is 1. The number of rotatable bonds is 8. The summed E-state index contributed by atoms with van der Waals surface area (Å²) in [4.78, 5) is 21.4. The third-order valence-electron chi connectivity index (χ3n) is 5.65. The molecule has 7 nitrogen and oxygen atoms in total. The van der Waals surface area contributed by atoms with Crippen molar-refractivity contribution < 1.29 is 9.53 Å². The number of carbonyl (C=O) groups is 1. The summed E-state index contributed by atoms with van der Waals surface area (Å²) >= 11 is 1.60. The predicted molar refractivity (Wildman–Crippen MR) is 133 cm³/mol. The van der Waals surface area contributed by atoms with Crippen LogP contribution in [-0.4, -0.2) is 53.3 Å². The molecule has 1 aromatic carbocycles. The van der Waals surface area contributed by atoms with E-state index in [1.165, 1.54) is 0 Å². The lowest BCUT2D eigenvalue weighted by atomic mass is 10.0. The Kier molecular flexibility index (Phi) is 6.76. The van der Waals surface area contributed by atoms with Crippen LogP contribution in [0.4, 0.5) is 0 Å². The van der Waals surface area contributed by atoms with E-state index < -0.39 is 0 Å². The molecule has 0 saturated carbocycles. The number of fused-ring (bicyclic) bond motifs is 1. The van der Waals surface area contributed by atoms with E-state index in [-0.39, 0.29) is 18.0 Å². The van der Waals surface area contributed by atoms with Crippen molar-refractivity contribution in [2.45, 2.75) is 25.9 Å². The molecule has 1 amide bonds. The maximum Gasteiger partial charge on any atom is 0.252 e. The minimum Gasteiger partial charge on any atom is -0.496 e. The SMILES string of the molecule is COc1ccccc1C(CNC(=O)c1cc(-c2cccs2)nc2c1cnn2C(C)C)N(C)C. The second-order valence-corrected chi connectivity index (χ2v) is 9.33. The molecule has 172 valence electrons. The summed E-state index contributed by atoms with van der Waals surface area (Å²) in [7, 11) is 5.65. The first-order valence-corrected chi connectivity index (χ1v) is 11.8. The first-order chi connectivity index (χ1) is 15.9. The van der Waals surface area contributed by atoms with Crippen molar-refractivity contribution in [2.24, 2.45) is 0 Å². The van der Waals surface area contributed by atoms with Crippen molar-refractivity contribution >= 4 is 28.3 Å². The Labute approximate surface area is 198 Å². The molecule has 0 saturated heterocycles. The minimum atomic E-state index is -0.148. The highest BCUT2D eigenvalue weighted by Gasteiger charge is 2.22. The van der Waals surface area contributed by atoms with E-state index in [1.807, 2.05) is 66.6 Å². The summed E-state index contributed by atoms with van der Waals surface area (Å²) in [5.41, 5.74) is 3.10. The number of benzene rings is 1. The third kappa shape index (κ3) is 4.62. The fraction of sp³-hybridized carbons (Fsp3) is 0.320. The zero-order valence-electron chi connectivity index (χ0n) is 19.6. The average Bonchev–Trinajstić information content (AvgIpc) is 3.48. The van der Waals surface area contributed by atoms with Crippen molar-refractivity contribution in [1.82, 2.24) is 25.0 Å². The fourth-order valence-corrected chi connectivity index (χ4v) is 4.62. The van der Waals surface area contributed by atoms with E-state index in [1.54, 1.807) is 24.6 Å². The molecule has 3 heterocycles. The summed E-state index contributed by atoms with van der Waals surface area (Å²) in [6, 6.07) is 13.8. The highest BCUT2D eigenvalue weighted by atomic mass is 32.1. The number of likely N-dealkylation sites (N-methyl/N-ethyl adjacent to an activating group) is 1. The molecular weight excluding hydrogens is 434 g/mol. The number of thiophene rings is 1. The summed E-state index contributed by atoms with van der Waals surface area (Å²) < 4.78 is 7.41. The van der Waals surface area contributed by atoms with Crippen LogP contribution in [-0.2, 0) is 0 Å². The molecule has 1 N–H and O–H groups in total. The van der Waals surface area contributed by atoms with Gasteiger partial charge in [0.1, 0.15) is 5.75 Å². The van der Waals surface area contributed by atoms with Crippen LogP contribution < -0.4 is 10.1 Å². The zero-order chi connectivity index (χ0) is 23.5. The van der Waals surface area contributed by atoms with Crippen molar-refractivity contribution in [2.75, 3.05) is 27.7 Å². The van der Waals surface area contributed by atoms with Crippen molar-refractivity contribution in [3.05, 3.63) is 65.2 Å². The van der Waals surface area contributed by atoms with Gasteiger partial charge in [-0.3, -0.25) is 4.79 Å². The second-order valence-electron chi connectivity index (χ2n) is 8.38. The average molecular weight is 464 g/mol. The largest absolute Gasteiger partial charge is 0.496 e. The minimum absolute atomic E-state index is 0.0439. The lowest BCUT2D eigenvalue weighted by Gasteiger charge is -2.26. The van der Waals surface area contributed by atoms with Crippen LogP contribution in [0.25, 0.3) is 21.6 Å². The van der Waals surface area contributed by atoms with Gasteiger partial charge >= 0.3 is 0 Å². The number of amides is 1. The van der Waals surface area contributed by atoms with Crippen LogP contribution in [0.2, 0.25) is 0 Å². The Balaban J connectivity index is 1.69. The highest BCUT2D eigenvalue weighted by Crippen LogP contribution is 2.30. The topological polar surface area (TPSA) is 72.3 Å². The lowest BCUT2D eigenvalue weighted by Crippen LogP contribution is -2.34. The molecule has 4 aromatic rings. The molecule has 1 unspecified atom stereocenters. The molecule has 0 aliphatic carbocycles. The highest BCUT2D eigenvalue weighted by molar-refractivity contribution is 7.13. The molecule has 0 aliphatic heterocycles. The first-order valence-electron chi connectivity index (χ1n) is 10.9. The zero-order valence-corrected chi connectivity index (χ0v) is 20.4. The molecule has 0 radical (unpaired) electrons. The smallest absolute Gasteiger partial charge is 0.252 e. The molecule has 8 heteroatoms. The lowest BCUT2D eigenvalue weighted by molar-refractivity contribution is 0.0943. The number of nitrogens with one attached hydrogen (secondary N) is 1. The third-order valence-corrected chi connectivity index (χ3v) is 6.54. The van der Waals surface area contributed by atoms with Gasteiger partial charge in [-0.25, -0.2) is 9.67 Å². The Bertz CT molecular complexity index is 1250. The fourth-order valence-electron chi connectivity index (χ4n) is 3.93. The molecule has 4 rings (SSSR count). The van der Waals surface area contributed by atoms with Crippen LogP contribution in [0, 0.1) is 0 Å². The van der Waals surface area contributed by atoms with Crippen LogP contribution in [0.15, 0.2) is 54.0 Å². The number of ether oxygens (including phenoxy) is 1. The van der Waals surface area contributed by atoms with Gasteiger partial charge < -0.3 is 15.0 Å². The van der Waals surface area contributed by atoms with Gasteiger partial charge in [0.05, 0.1) is 40.9 Å². The molecule has 0 aliphatic rings. The number of methoxy groups -OCH3 is 1. The molecule has 3 aromatic heterocycles. The molecule has 1 atom stereocenters. The normalized spacial score (nSPS) is 12.5. The quantitative estimate of drug-likeness (QED) is 0.407. The molecular formula is C25H29N5O2S. The number of carbonyl (C=O) groups excluding carboxylic acids is 1. The van der Waals surface area contributed by atoms with Gasteiger partial charge in [0.2, 0.25) is 0 Å².